The molecule has 1 aliphatic heterocycles. The van der Waals surface area contributed by atoms with Crippen LogP contribution in [0.25, 0.3) is 0 Å². The van der Waals surface area contributed by atoms with E-state index in [1.807, 2.05) is 6.92 Å². The number of hydrogen-bond donors (Lipinski definition) is 4. The van der Waals surface area contributed by atoms with E-state index in [2.05, 4.69) is 0 Å². The number of carbonyl (C=O) groups excluding carboxylic acids is 1. The molecule has 2 unspecified atom stereocenters. The minimum Gasteiger partial charge on any atom is -0.507 e. The molecule has 9 heteroatoms. The highest BCUT2D eigenvalue weighted by molar-refractivity contribution is 6.45. The largest absolute Gasteiger partial charge is 0.507 e. The molecule has 0 aromatic heterocycles. The van der Waals surface area contributed by atoms with Crippen molar-refractivity contribution >= 4 is 19.0 Å². The van der Waals surface area contributed by atoms with Crippen molar-refractivity contribution in [2.75, 3.05) is 13.1 Å². The van der Waals surface area contributed by atoms with E-state index >= 15 is 0 Å². The molecule has 1 heterocycles. The van der Waals surface area contributed by atoms with Crippen molar-refractivity contribution in [3.8, 4) is 11.5 Å². The second-order valence-corrected chi connectivity index (χ2v) is 9.30. The van der Waals surface area contributed by atoms with Gasteiger partial charge >= 0.3 is 13.1 Å². The first-order chi connectivity index (χ1) is 14.8. The average Bonchev–Trinajstić information content (AvgIpc) is 3.35. The maximum Gasteiger partial charge on any atom is 0.455 e. The summed E-state index contributed by atoms with van der Waals surface area (Å²) in [6.07, 6.45) is 6.12. The van der Waals surface area contributed by atoms with Crippen LogP contribution in [0.5, 0.6) is 11.5 Å². The summed E-state index contributed by atoms with van der Waals surface area (Å²) in [7, 11) is -1.52. The van der Waals surface area contributed by atoms with Crippen molar-refractivity contribution in [3.05, 3.63) is 23.3 Å². The van der Waals surface area contributed by atoms with Gasteiger partial charge in [0.1, 0.15) is 23.2 Å². The number of rotatable bonds is 7. The Kier molecular flexibility index (Phi) is 6.17. The normalized spacial score (nSPS) is 26.3. The maximum absolute atomic E-state index is 12.5. The molecule has 168 valence electrons. The number of amides is 1. The van der Waals surface area contributed by atoms with Crippen LogP contribution in [0, 0.1) is 11.8 Å². The number of aromatic carboxylic acids is 1. The first kappa shape index (κ1) is 22.0. The molecule has 3 fully saturated rings. The number of benzene rings is 1. The highest BCUT2D eigenvalue weighted by atomic mass is 16.5. The van der Waals surface area contributed by atoms with E-state index in [0.717, 1.165) is 12.8 Å². The van der Waals surface area contributed by atoms with E-state index in [1.54, 1.807) is 11.0 Å². The molecule has 8 nitrogen and oxygen atoms in total. The zero-order valence-electron chi connectivity index (χ0n) is 17.7. The first-order valence-corrected chi connectivity index (χ1v) is 11.2. The minimum absolute atomic E-state index is 0.0625. The van der Waals surface area contributed by atoms with Crippen LogP contribution in [-0.4, -0.2) is 63.3 Å². The molecule has 3 atom stereocenters. The van der Waals surface area contributed by atoms with Crippen molar-refractivity contribution in [2.45, 2.75) is 63.3 Å². The standard InChI is InChI=1S/C22H30BNO7/c1-12-18(20(12)23(29)30)15-7-8-16(19(21(15)26)22(27)28)31-14-10-24(11-14)17(25)9-13-5-3-2-4-6-13/h7-8,12-14,18,20,26,29-30H,2-6,9-11H2,1H3,(H,27,28)/t12-,18?,20?/m0/s1. The third-order valence-electron chi connectivity index (χ3n) is 7.22. The van der Waals surface area contributed by atoms with Crippen molar-refractivity contribution in [1.82, 2.24) is 4.90 Å². The second-order valence-electron chi connectivity index (χ2n) is 9.30. The molecule has 0 spiro atoms. The smallest absolute Gasteiger partial charge is 0.455 e. The number of hydrogen-bond acceptors (Lipinski definition) is 6. The molecular weight excluding hydrogens is 401 g/mol. The van der Waals surface area contributed by atoms with E-state index < -0.39 is 24.7 Å². The van der Waals surface area contributed by atoms with E-state index in [4.69, 9.17) is 4.74 Å². The first-order valence-electron chi connectivity index (χ1n) is 11.2. The third-order valence-corrected chi connectivity index (χ3v) is 7.22. The SMILES string of the molecule is C[C@@H]1C(B(O)O)C1c1ccc(OC2CN(C(=O)CC3CCCCC3)C2)c(C(=O)O)c1O. The van der Waals surface area contributed by atoms with Gasteiger partial charge < -0.3 is 29.9 Å². The predicted molar refractivity (Wildman–Crippen MR) is 113 cm³/mol. The van der Waals surface area contributed by atoms with Gasteiger partial charge in [-0.15, -0.1) is 0 Å². The third kappa shape index (κ3) is 4.39. The molecule has 31 heavy (non-hydrogen) atoms. The van der Waals surface area contributed by atoms with E-state index in [-0.39, 0.29) is 35.2 Å². The fraction of sp³-hybridized carbons (Fsp3) is 0.636. The monoisotopic (exact) mass is 431 g/mol. The van der Waals surface area contributed by atoms with Gasteiger partial charge in [-0.25, -0.2) is 4.79 Å². The van der Waals surface area contributed by atoms with Gasteiger partial charge in [0.2, 0.25) is 5.91 Å². The lowest BCUT2D eigenvalue weighted by molar-refractivity contribution is -0.141. The van der Waals surface area contributed by atoms with Gasteiger partial charge in [0.05, 0.1) is 13.1 Å². The number of carboxylic acid groups (broad SMARTS) is 1. The molecule has 1 saturated heterocycles. The van der Waals surface area contributed by atoms with Gasteiger partial charge in [-0.1, -0.05) is 32.3 Å². The predicted octanol–water partition coefficient (Wildman–Crippen LogP) is 2.23. The van der Waals surface area contributed by atoms with Crippen LogP contribution in [-0.2, 0) is 4.79 Å². The Morgan fingerprint density at radius 3 is 2.42 bits per heavy atom. The topological polar surface area (TPSA) is 128 Å². The number of aromatic hydroxyl groups is 1. The second kappa shape index (κ2) is 8.71. The Bertz CT molecular complexity index is 849. The summed E-state index contributed by atoms with van der Waals surface area (Å²) in [6, 6.07) is 3.10. The van der Waals surface area contributed by atoms with Crippen LogP contribution in [0.15, 0.2) is 12.1 Å². The molecular formula is C22H30BNO7. The Balaban J connectivity index is 1.38. The van der Waals surface area contributed by atoms with Crippen LogP contribution in [0.2, 0.25) is 5.82 Å². The lowest BCUT2D eigenvalue weighted by Gasteiger charge is -2.40. The van der Waals surface area contributed by atoms with E-state index in [0.29, 0.717) is 31.0 Å². The van der Waals surface area contributed by atoms with Crippen LogP contribution in [0.3, 0.4) is 0 Å². The summed E-state index contributed by atoms with van der Waals surface area (Å²) in [5.74, 6) is -1.88. The van der Waals surface area contributed by atoms with Gasteiger partial charge in [-0.3, -0.25) is 4.79 Å². The van der Waals surface area contributed by atoms with E-state index in [9.17, 15) is 29.9 Å². The van der Waals surface area contributed by atoms with Crippen LogP contribution < -0.4 is 4.74 Å². The quantitative estimate of drug-likeness (QED) is 0.488. The molecule has 2 aliphatic carbocycles. The van der Waals surface area contributed by atoms with Gasteiger partial charge in [-0.05, 0) is 42.2 Å². The molecule has 0 bridgehead atoms. The molecule has 1 aromatic carbocycles. The summed E-state index contributed by atoms with van der Waals surface area (Å²) < 4.78 is 5.82. The lowest BCUT2D eigenvalue weighted by Crippen LogP contribution is -2.56. The molecule has 1 aromatic rings. The molecule has 3 aliphatic rings. The van der Waals surface area contributed by atoms with Crippen LogP contribution >= 0.6 is 0 Å². The van der Waals surface area contributed by atoms with E-state index in [1.165, 1.54) is 25.3 Å². The fourth-order valence-electron chi connectivity index (χ4n) is 5.27. The molecule has 4 rings (SSSR count). The fourth-order valence-corrected chi connectivity index (χ4v) is 5.27. The number of carbonyl (C=O) groups is 2. The number of likely N-dealkylation sites (tertiary alicyclic amines) is 1. The zero-order chi connectivity index (χ0) is 22.3. The number of nitrogens with zero attached hydrogens (tertiary/aromatic N) is 1. The molecule has 0 radical (unpaired) electrons. The van der Waals surface area contributed by atoms with Gasteiger partial charge in [0.25, 0.3) is 0 Å². The maximum atomic E-state index is 12.5. The number of ether oxygens (including phenoxy) is 1. The average molecular weight is 431 g/mol. The molecule has 4 N–H and O–H groups in total. The summed E-state index contributed by atoms with van der Waals surface area (Å²) in [4.78, 5) is 26.0. The molecule has 1 amide bonds. The molecule has 2 saturated carbocycles. The van der Waals surface area contributed by atoms with Crippen molar-refractivity contribution < 1.29 is 34.6 Å². The van der Waals surface area contributed by atoms with Crippen molar-refractivity contribution in [1.29, 1.82) is 0 Å². The summed E-state index contributed by atoms with van der Waals surface area (Å²) in [5, 5.41) is 39.1. The summed E-state index contributed by atoms with van der Waals surface area (Å²) in [6.45, 7) is 2.64. The minimum atomic E-state index is -1.52. The Labute approximate surface area is 182 Å². The van der Waals surface area contributed by atoms with Crippen LogP contribution in [0.4, 0.5) is 0 Å². The van der Waals surface area contributed by atoms with Gasteiger partial charge in [0, 0.05) is 12.2 Å². The number of carboxylic acids is 1. The van der Waals surface area contributed by atoms with Gasteiger partial charge in [0.15, 0.2) is 0 Å². The van der Waals surface area contributed by atoms with Crippen molar-refractivity contribution in [3.63, 3.8) is 0 Å². The Hall–Kier alpha value is -2.26. The highest BCUT2D eigenvalue weighted by Crippen LogP contribution is 2.61. The van der Waals surface area contributed by atoms with Crippen LogP contribution in [0.1, 0.15) is 67.3 Å². The number of phenols is 1. The lowest BCUT2D eigenvalue weighted by atomic mass is 9.80. The van der Waals surface area contributed by atoms with Crippen molar-refractivity contribution in [2.24, 2.45) is 11.8 Å². The van der Waals surface area contributed by atoms with Gasteiger partial charge in [-0.2, -0.15) is 0 Å². The Morgan fingerprint density at radius 2 is 1.84 bits per heavy atom. The zero-order valence-corrected chi connectivity index (χ0v) is 17.7. The summed E-state index contributed by atoms with van der Waals surface area (Å²) in [5.41, 5.74) is 0.0583. The Morgan fingerprint density at radius 1 is 1.16 bits per heavy atom. The highest BCUT2D eigenvalue weighted by Gasteiger charge is 2.55. The summed E-state index contributed by atoms with van der Waals surface area (Å²) >= 11 is 0.